The minimum absolute atomic E-state index is 0.0280. The largest absolute Gasteiger partial charge is 0.573 e. The number of carboxylic acid groups (broad SMARTS) is 1. The van der Waals surface area contributed by atoms with Crippen molar-refractivity contribution in [2.45, 2.75) is 19.2 Å². The van der Waals surface area contributed by atoms with Crippen molar-refractivity contribution in [1.29, 1.82) is 0 Å². The predicted molar refractivity (Wildman–Crippen MR) is 47.2 cm³/mol. The molecule has 0 saturated carbocycles. The molecule has 0 amide bonds. The molecule has 10 heteroatoms. The van der Waals surface area contributed by atoms with Gasteiger partial charge >= 0.3 is 12.3 Å². The van der Waals surface area contributed by atoms with Crippen molar-refractivity contribution in [3.05, 3.63) is 23.3 Å². The summed E-state index contributed by atoms with van der Waals surface area (Å²) in [6.45, 7) is 0. The lowest BCUT2D eigenvalue weighted by molar-refractivity contribution is -0.275. The second kappa shape index (κ2) is 5.33. The van der Waals surface area contributed by atoms with Gasteiger partial charge in [0.1, 0.15) is 5.69 Å². The van der Waals surface area contributed by atoms with E-state index in [0.717, 1.165) is 0 Å². The van der Waals surface area contributed by atoms with Crippen LogP contribution in [-0.2, 0) is 11.2 Å². The van der Waals surface area contributed by atoms with Gasteiger partial charge in [-0.1, -0.05) is 0 Å². The fraction of sp³-hybridized carbons (Fsp3) is 0.333. The number of hydrogen-bond acceptors (Lipinski definition) is 3. The summed E-state index contributed by atoms with van der Waals surface area (Å²) in [5, 5.41) is 8.43. The Hall–Kier alpha value is -2.00. The van der Waals surface area contributed by atoms with Gasteiger partial charge in [-0.05, 0) is 0 Å². The average Bonchev–Trinajstić information content (AvgIpc) is 2.18. The van der Waals surface area contributed by atoms with Crippen molar-refractivity contribution < 1.29 is 41.0 Å². The van der Waals surface area contributed by atoms with E-state index in [1.165, 1.54) is 0 Å². The fourth-order valence-corrected chi connectivity index (χ4v) is 1.16. The third kappa shape index (κ3) is 4.30. The van der Waals surface area contributed by atoms with Crippen molar-refractivity contribution >= 4 is 5.97 Å². The summed E-state index contributed by atoms with van der Waals surface area (Å²) in [6, 6.07) is 0.0280. The van der Waals surface area contributed by atoms with Gasteiger partial charge in [0, 0.05) is 6.07 Å². The van der Waals surface area contributed by atoms with Gasteiger partial charge in [0.05, 0.1) is 12.1 Å². The number of alkyl halides is 5. The Morgan fingerprint density at radius 3 is 2.42 bits per heavy atom. The molecule has 0 bridgehead atoms. The predicted octanol–water partition coefficient (Wildman–Crippen LogP) is 2.68. The second-order valence-electron chi connectivity index (χ2n) is 3.22. The van der Waals surface area contributed by atoms with Crippen molar-refractivity contribution in [1.82, 2.24) is 4.98 Å². The third-order valence-corrected chi connectivity index (χ3v) is 1.79. The molecule has 19 heavy (non-hydrogen) atoms. The topological polar surface area (TPSA) is 59.4 Å². The van der Waals surface area contributed by atoms with Gasteiger partial charge in [0.25, 0.3) is 6.43 Å². The summed E-state index contributed by atoms with van der Waals surface area (Å²) in [4.78, 5) is 13.3. The molecule has 4 nitrogen and oxygen atoms in total. The quantitative estimate of drug-likeness (QED) is 0.866. The highest BCUT2D eigenvalue weighted by Crippen LogP contribution is 2.30. The number of nitrogens with zero attached hydrogens (tertiary/aromatic N) is 1. The molecular weight excluding hydrogens is 284 g/mol. The zero-order valence-electron chi connectivity index (χ0n) is 8.84. The average molecular weight is 289 g/mol. The number of halogens is 6. The SMILES string of the molecule is O=C(O)Cc1nc(C(F)F)c(F)cc1OC(F)(F)F. The first kappa shape index (κ1) is 15.1. The lowest BCUT2D eigenvalue weighted by atomic mass is 10.2. The van der Waals surface area contributed by atoms with E-state index in [1.807, 2.05) is 0 Å². The Morgan fingerprint density at radius 2 is 2.00 bits per heavy atom. The Morgan fingerprint density at radius 1 is 1.42 bits per heavy atom. The molecule has 0 spiro atoms. The Bertz CT molecular complexity index is 488. The molecule has 0 unspecified atom stereocenters. The smallest absolute Gasteiger partial charge is 0.481 e. The molecule has 1 rings (SSSR count). The van der Waals surface area contributed by atoms with Crippen LogP contribution in [0.4, 0.5) is 26.3 Å². The number of aromatic nitrogens is 1. The molecule has 0 aliphatic carbocycles. The van der Waals surface area contributed by atoms with Crippen LogP contribution >= 0.6 is 0 Å². The van der Waals surface area contributed by atoms with Crippen molar-refractivity contribution in [2.75, 3.05) is 0 Å². The highest BCUT2D eigenvalue weighted by atomic mass is 19.4. The molecule has 0 aliphatic rings. The van der Waals surface area contributed by atoms with E-state index in [4.69, 9.17) is 5.11 Å². The van der Waals surface area contributed by atoms with Crippen molar-refractivity contribution in [2.24, 2.45) is 0 Å². The maximum atomic E-state index is 13.1. The number of rotatable bonds is 4. The van der Waals surface area contributed by atoms with E-state index in [2.05, 4.69) is 9.72 Å². The number of hydrogen-bond donors (Lipinski definition) is 1. The normalized spacial score (nSPS) is 11.7. The van der Waals surface area contributed by atoms with Crippen molar-refractivity contribution in [3.63, 3.8) is 0 Å². The molecular formula is C9H5F6NO3. The first-order valence-electron chi connectivity index (χ1n) is 4.55. The molecule has 1 N–H and O–H groups in total. The van der Waals surface area contributed by atoms with Crippen LogP contribution in [0.2, 0.25) is 0 Å². The standard InChI is InChI=1S/C9H5F6NO3/c10-3-1-5(19-9(13,14)15)4(2-6(17)18)16-7(3)8(11)12/h1,8H,2H2,(H,17,18). The zero-order valence-corrected chi connectivity index (χ0v) is 8.84. The fourth-order valence-electron chi connectivity index (χ4n) is 1.16. The number of carbonyl (C=O) groups is 1. The van der Waals surface area contributed by atoms with E-state index in [9.17, 15) is 31.1 Å². The molecule has 1 aromatic heterocycles. The van der Waals surface area contributed by atoms with E-state index in [1.54, 1.807) is 0 Å². The number of pyridine rings is 1. The van der Waals surface area contributed by atoms with Gasteiger partial charge in [-0.25, -0.2) is 18.2 Å². The summed E-state index contributed by atoms with van der Waals surface area (Å²) >= 11 is 0. The molecule has 0 radical (unpaired) electrons. The zero-order chi connectivity index (χ0) is 14.8. The van der Waals surface area contributed by atoms with E-state index in [0.29, 0.717) is 0 Å². The summed E-state index contributed by atoms with van der Waals surface area (Å²) in [5.41, 5.74) is -2.38. The van der Waals surface area contributed by atoms with E-state index in [-0.39, 0.29) is 6.07 Å². The van der Waals surface area contributed by atoms with Crippen LogP contribution in [0.15, 0.2) is 6.07 Å². The Labute approximate surface area is 101 Å². The summed E-state index contributed by atoms with van der Waals surface area (Å²) in [7, 11) is 0. The maximum Gasteiger partial charge on any atom is 0.573 e. The van der Waals surface area contributed by atoms with E-state index >= 15 is 0 Å². The summed E-state index contributed by atoms with van der Waals surface area (Å²) < 4.78 is 76.9. The monoisotopic (exact) mass is 289 g/mol. The van der Waals surface area contributed by atoms with Crippen LogP contribution in [-0.4, -0.2) is 22.4 Å². The summed E-state index contributed by atoms with van der Waals surface area (Å²) in [6.07, 6.45) is -9.74. The first-order valence-corrected chi connectivity index (χ1v) is 4.55. The van der Waals surface area contributed by atoms with Gasteiger partial charge in [-0.3, -0.25) is 4.79 Å². The number of aliphatic carboxylic acids is 1. The van der Waals surface area contributed by atoms with Crippen LogP contribution < -0.4 is 4.74 Å². The van der Waals surface area contributed by atoms with Crippen LogP contribution in [0.5, 0.6) is 5.75 Å². The van der Waals surface area contributed by atoms with E-state index < -0.39 is 48.1 Å². The maximum absolute atomic E-state index is 13.1. The molecule has 0 aromatic carbocycles. The molecule has 0 aliphatic heterocycles. The van der Waals surface area contributed by atoms with Gasteiger partial charge in [0.15, 0.2) is 11.6 Å². The lowest BCUT2D eigenvalue weighted by Crippen LogP contribution is -2.20. The van der Waals surface area contributed by atoms with Crippen molar-refractivity contribution in [3.8, 4) is 5.75 Å². The number of carboxylic acids is 1. The van der Waals surface area contributed by atoms with Gasteiger partial charge in [0.2, 0.25) is 0 Å². The van der Waals surface area contributed by atoms with Gasteiger partial charge in [-0.2, -0.15) is 0 Å². The molecule has 106 valence electrons. The highest BCUT2D eigenvalue weighted by molar-refractivity contribution is 5.70. The molecule has 0 fully saturated rings. The van der Waals surface area contributed by atoms with Crippen LogP contribution in [0.3, 0.4) is 0 Å². The van der Waals surface area contributed by atoms with Crippen LogP contribution in [0, 0.1) is 5.82 Å². The molecule has 0 atom stereocenters. The summed E-state index contributed by atoms with van der Waals surface area (Å²) in [5.74, 6) is -4.62. The molecule has 0 saturated heterocycles. The van der Waals surface area contributed by atoms with Crippen LogP contribution in [0.25, 0.3) is 0 Å². The minimum Gasteiger partial charge on any atom is -0.481 e. The number of ether oxygens (including phenoxy) is 1. The highest BCUT2D eigenvalue weighted by Gasteiger charge is 2.34. The lowest BCUT2D eigenvalue weighted by Gasteiger charge is -2.13. The second-order valence-corrected chi connectivity index (χ2v) is 3.22. The molecule has 1 heterocycles. The Kier molecular flexibility index (Phi) is 4.22. The van der Waals surface area contributed by atoms with Crippen LogP contribution in [0.1, 0.15) is 17.8 Å². The first-order chi connectivity index (χ1) is 8.60. The molecule has 1 aromatic rings. The van der Waals surface area contributed by atoms with Gasteiger partial charge in [-0.15, -0.1) is 13.2 Å². The van der Waals surface area contributed by atoms with Gasteiger partial charge < -0.3 is 9.84 Å². The Balaban J connectivity index is 3.27. The minimum atomic E-state index is -5.23. The third-order valence-electron chi connectivity index (χ3n) is 1.79.